The van der Waals surface area contributed by atoms with Crippen molar-refractivity contribution < 1.29 is 19.4 Å². The second-order valence-corrected chi connectivity index (χ2v) is 4.12. The Labute approximate surface area is 116 Å². The van der Waals surface area contributed by atoms with Crippen molar-refractivity contribution in [2.75, 3.05) is 14.2 Å². The molecule has 1 N–H and O–H groups in total. The summed E-state index contributed by atoms with van der Waals surface area (Å²) in [5.74, 6) is 0.141. The van der Waals surface area contributed by atoms with Crippen molar-refractivity contribution >= 4 is 5.97 Å². The molecule has 0 amide bonds. The van der Waals surface area contributed by atoms with Gasteiger partial charge in [-0.15, -0.1) is 0 Å². The molecule has 0 aliphatic rings. The van der Waals surface area contributed by atoms with E-state index in [1.807, 2.05) is 6.92 Å². The number of aromatic nitrogens is 2. The predicted molar refractivity (Wildman–Crippen MR) is 73.4 cm³/mol. The number of hydrogen-bond donors (Lipinski definition) is 1. The van der Waals surface area contributed by atoms with Crippen molar-refractivity contribution in [3.05, 3.63) is 30.0 Å². The molecular formula is C14H16N2O4. The fourth-order valence-electron chi connectivity index (χ4n) is 1.94. The van der Waals surface area contributed by atoms with Gasteiger partial charge >= 0.3 is 5.97 Å². The van der Waals surface area contributed by atoms with Crippen LogP contribution in [-0.4, -0.2) is 35.1 Å². The summed E-state index contributed by atoms with van der Waals surface area (Å²) in [6.07, 6.45) is 1.51. The van der Waals surface area contributed by atoms with Gasteiger partial charge in [-0.25, -0.2) is 4.79 Å². The molecule has 6 nitrogen and oxygen atoms in total. The van der Waals surface area contributed by atoms with Crippen LogP contribution >= 0.6 is 0 Å². The number of methoxy groups -OCH3 is 2. The summed E-state index contributed by atoms with van der Waals surface area (Å²) in [6, 6.07) is 5.19. The molecule has 0 aliphatic heterocycles. The molecular weight excluding hydrogens is 260 g/mol. The molecule has 2 aromatic rings. The minimum Gasteiger partial charge on any atom is -0.497 e. The highest BCUT2D eigenvalue weighted by Crippen LogP contribution is 2.34. The Morgan fingerprint density at radius 1 is 1.35 bits per heavy atom. The number of carboxylic acids is 1. The molecule has 106 valence electrons. The van der Waals surface area contributed by atoms with Crippen LogP contribution in [0.4, 0.5) is 0 Å². The highest BCUT2D eigenvalue weighted by molar-refractivity contribution is 5.95. The largest absolute Gasteiger partial charge is 0.497 e. The molecule has 1 aromatic heterocycles. The van der Waals surface area contributed by atoms with E-state index in [0.29, 0.717) is 29.3 Å². The van der Waals surface area contributed by atoms with E-state index in [-0.39, 0.29) is 5.56 Å². The van der Waals surface area contributed by atoms with Gasteiger partial charge in [-0.2, -0.15) is 5.10 Å². The Morgan fingerprint density at radius 3 is 2.65 bits per heavy atom. The standard InChI is InChI=1S/C14H16N2O4/c1-4-16-8-11(14(17)18)13(15-16)10-7-9(19-2)5-6-12(10)20-3/h5-8H,4H2,1-3H3,(H,17,18). The van der Waals surface area contributed by atoms with Gasteiger partial charge in [-0.05, 0) is 25.1 Å². The van der Waals surface area contributed by atoms with E-state index in [9.17, 15) is 9.90 Å². The van der Waals surface area contributed by atoms with Gasteiger partial charge in [-0.3, -0.25) is 4.68 Å². The highest BCUT2D eigenvalue weighted by atomic mass is 16.5. The van der Waals surface area contributed by atoms with Crippen LogP contribution in [0.2, 0.25) is 0 Å². The first-order valence-corrected chi connectivity index (χ1v) is 6.13. The minimum absolute atomic E-state index is 0.137. The number of carboxylic acid groups (broad SMARTS) is 1. The van der Waals surface area contributed by atoms with Crippen molar-refractivity contribution in [2.24, 2.45) is 0 Å². The topological polar surface area (TPSA) is 73.6 Å². The lowest BCUT2D eigenvalue weighted by Crippen LogP contribution is -1.98. The van der Waals surface area contributed by atoms with E-state index in [4.69, 9.17) is 9.47 Å². The summed E-state index contributed by atoms with van der Waals surface area (Å²) in [7, 11) is 3.08. The number of aryl methyl sites for hydroxylation is 1. The van der Waals surface area contributed by atoms with E-state index < -0.39 is 5.97 Å². The van der Waals surface area contributed by atoms with Crippen LogP contribution in [0.5, 0.6) is 11.5 Å². The third-order valence-corrected chi connectivity index (χ3v) is 2.98. The van der Waals surface area contributed by atoms with E-state index >= 15 is 0 Å². The maximum Gasteiger partial charge on any atom is 0.339 e. The number of aromatic carboxylic acids is 1. The van der Waals surface area contributed by atoms with Crippen LogP contribution in [0.25, 0.3) is 11.3 Å². The number of ether oxygens (including phenoxy) is 2. The van der Waals surface area contributed by atoms with Gasteiger partial charge in [0.25, 0.3) is 0 Å². The second-order valence-electron chi connectivity index (χ2n) is 4.12. The summed E-state index contributed by atoms with van der Waals surface area (Å²) in [6.45, 7) is 2.48. The smallest absolute Gasteiger partial charge is 0.339 e. The van der Waals surface area contributed by atoms with Gasteiger partial charge in [0.1, 0.15) is 22.8 Å². The normalized spacial score (nSPS) is 10.3. The Kier molecular flexibility index (Phi) is 3.93. The number of carbonyl (C=O) groups is 1. The van der Waals surface area contributed by atoms with Crippen LogP contribution in [0.1, 0.15) is 17.3 Å². The van der Waals surface area contributed by atoms with Crippen molar-refractivity contribution in [3.63, 3.8) is 0 Å². The fraction of sp³-hybridized carbons (Fsp3) is 0.286. The van der Waals surface area contributed by atoms with Crippen LogP contribution in [0.15, 0.2) is 24.4 Å². The second kappa shape index (κ2) is 5.64. The first-order chi connectivity index (χ1) is 9.60. The average molecular weight is 276 g/mol. The summed E-state index contributed by atoms with van der Waals surface area (Å²) < 4.78 is 12.0. The summed E-state index contributed by atoms with van der Waals surface area (Å²) in [5, 5.41) is 13.6. The fourth-order valence-corrected chi connectivity index (χ4v) is 1.94. The maximum absolute atomic E-state index is 11.4. The van der Waals surface area contributed by atoms with Gasteiger partial charge in [0.15, 0.2) is 0 Å². The predicted octanol–water partition coefficient (Wildman–Crippen LogP) is 2.29. The SMILES string of the molecule is CCn1cc(C(=O)O)c(-c2cc(OC)ccc2OC)n1. The molecule has 0 radical (unpaired) electrons. The Morgan fingerprint density at radius 2 is 2.10 bits per heavy atom. The third kappa shape index (κ3) is 2.45. The summed E-state index contributed by atoms with van der Waals surface area (Å²) in [5.41, 5.74) is 1.10. The van der Waals surface area contributed by atoms with Crippen LogP contribution in [0.3, 0.4) is 0 Å². The molecule has 0 saturated heterocycles. The highest BCUT2D eigenvalue weighted by Gasteiger charge is 2.20. The van der Waals surface area contributed by atoms with Gasteiger partial charge in [-0.1, -0.05) is 0 Å². The molecule has 2 rings (SSSR count). The minimum atomic E-state index is -1.02. The van der Waals surface area contributed by atoms with E-state index in [0.717, 1.165) is 0 Å². The molecule has 0 unspecified atom stereocenters. The first-order valence-electron chi connectivity index (χ1n) is 6.13. The van der Waals surface area contributed by atoms with Gasteiger partial charge in [0.2, 0.25) is 0 Å². The zero-order chi connectivity index (χ0) is 14.7. The number of benzene rings is 1. The molecule has 0 aliphatic carbocycles. The lowest BCUT2D eigenvalue weighted by Gasteiger charge is -2.09. The van der Waals surface area contributed by atoms with Crippen molar-refractivity contribution in [1.82, 2.24) is 9.78 Å². The maximum atomic E-state index is 11.4. The molecule has 0 bridgehead atoms. The molecule has 1 aromatic carbocycles. The Balaban J connectivity index is 2.65. The lowest BCUT2D eigenvalue weighted by molar-refractivity contribution is 0.0697. The summed E-state index contributed by atoms with van der Waals surface area (Å²) in [4.78, 5) is 11.4. The monoisotopic (exact) mass is 276 g/mol. The molecule has 0 atom stereocenters. The van der Waals surface area contributed by atoms with Crippen molar-refractivity contribution in [2.45, 2.75) is 13.5 Å². The third-order valence-electron chi connectivity index (χ3n) is 2.98. The average Bonchev–Trinajstić information content (AvgIpc) is 2.90. The Hall–Kier alpha value is -2.50. The number of nitrogens with zero attached hydrogens (tertiary/aromatic N) is 2. The van der Waals surface area contributed by atoms with Gasteiger partial charge < -0.3 is 14.6 Å². The molecule has 20 heavy (non-hydrogen) atoms. The number of rotatable bonds is 5. The number of hydrogen-bond acceptors (Lipinski definition) is 4. The van der Waals surface area contributed by atoms with E-state index in [1.54, 1.807) is 30.0 Å². The molecule has 1 heterocycles. The molecule has 0 fully saturated rings. The first kappa shape index (κ1) is 13.9. The van der Waals surface area contributed by atoms with Gasteiger partial charge in [0, 0.05) is 18.3 Å². The summed E-state index contributed by atoms with van der Waals surface area (Å²) >= 11 is 0. The molecule has 0 spiro atoms. The van der Waals surface area contributed by atoms with Gasteiger partial charge in [0.05, 0.1) is 14.2 Å². The van der Waals surface area contributed by atoms with Crippen LogP contribution < -0.4 is 9.47 Å². The van der Waals surface area contributed by atoms with E-state index in [1.165, 1.54) is 13.3 Å². The van der Waals surface area contributed by atoms with Crippen LogP contribution in [-0.2, 0) is 6.54 Å². The molecule has 6 heteroatoms. The van der Waals surface area contributed by atoms with Crippen molar-refractivity contribution in [3.8, 4) is 22.8 Å². The van der Waals surface area contributed by atoms with E-state index in [2.05, 4.69) is 5.10 Å². The quantitative estimate of drug-likeness (QED) is 0.907. The van der Waals surface area contributed by atoms with Crippen molar-refractivity contribution in [1.29, 1.82) is 0 Å². The zero-order valence-electron chi connectivity index (χ0n) is 11.6. The van der Waals surface area contributed by atoms with Crippen LogP contribution in [0, 0.1) is 0 Å². The molecule has 0 saturated carbocycles. The lowest BCUT2D eigenvalue weighted by atomic mass is 10.1. The zero-order valence-corrected chi connectivity index (χ0v) is 11.6. The Bertz CT molecular complexity index is 634.